The van der Waals surface area contributed by atoms with Crippen molar-refractivity contribution in [2.75, 3.05) is 131 Å². The van der Waals surface area contributed by atoms with Gasteiger partial charge in [0.2, 0.25) is 0 Å². The summed E-state index contributed by atoms with van der Waals surface area (Å²) in [6.07, 6.45) is 5.65. The summed E-state index contributed by atoms with van der Waals surface area (Å²) in [4.78, 5) is 34.8. The first-order chi connectivity index (χ1) is 22.6. The Morgan fingerprint density at radius 1 is 0.478 bits per heavy atom. The molecule has 0 saturated carbocycles. The summed E-state index contributed by atoms with van der Waals surface area (Å²) in [5.41, 5.74) is 0. The van der Waals surface area contributed by atoms with Gasteiger partial charge in [-0.25, -0.2) is 14.4 Å². The molecular formula is C29H54ClN3O13. The van der Waals surface area contributed by atoms with Gasteiger partial charge in [0.15, 0.2) is 0 Å². The molecule has 0 aliphatic heterocycles. The minimum atomic E-state index is -0.610. The first-order valence-corrected chi connectivity index (χ1v) is 16.1. The Morgan fingerprint density at radius 3 is 1.35 bits per heavy atom. The zero-order valence-corrected chi connectivity index (χ0v) is 27.6. The lowest BCUT2D eigenvalue weighted by atomic mass is 10.2. The molecule has 0 atom stereocenters. The van der Waals surface area contributed by atoms with E-state index in [0.29, 0.717) is 71.9 Å². The number of rotatable bonds is 33. The van der Waals surface area contributed by atoms with Crippen LogP contribution in [0, 0.1) is 0 Å². The Morgan fingerprint density at radius 2 is 0.870 bits per heavy atom. The average molecular weight is 688 g/mol. The fourth-order valence-corrected chi connectivity index (χ4v) is 3.28. The SMILES string of the molecule is O=C(NCCOCCOCCO)OC/C=C/COC(=O)NCCOCCOCCOC(=O)NCCOCCOCCCCCCCl. The van der Waals surface area contributed by atoms with Crippen molar-refractivity contribution in [1.29, 1.82) is 0 Å². The maximum Gasteiger partial charge on any atom is 0.407 e. The molecule has 0 aliphatic rings. The van der Waals surface area contributed by atoms with Crippen LogP contribution in [0.5, 0.6) is 0 Å². The number of carbonyl (C=O) groups is 3. The van der Waals surface area contributed by atoms with E-state index in [1.54, 1.807) is 12.2 Å². The number of aliphatic hydroxyl groups is 1. The summed E-state index contributed by atoms with van der Waals surface area (Å²) >= 11 is 5.63. The maximum atomic E-state index is 11.6. The standard InChI is InChI=1S/C29H54ClN3O13/c30-7-3-1-2-4-12-38-19-20-39-17-10-33-29(37)46-26-25-43-24-22-41-16-9-32-28(36)45-14-6-5-13-44-27(35)31-8-15-40-21-23-42-18-11-34/h5-6,34H,1-4,7-26H2,(H,31,35)(H,32,36)(H,33,37)/b6-5+. The number of carbonyl (C=O) groups excluding carboxylic acids is 3. The third-order valence-electron chi connectivity index (χ3n) is 5.32. The lowest BCUT2D eigenvalue weighted by Gasteiger charge is -2.09. The van der Waals surface area contributed by atoms with Crippen LogP contribution in [0.3, 0.4) is 0 Å². The highest BCUT2D eigenvalue weighted by Gasteiger charge is 2.03. The van der Waals surface area contributed by atoms with Gasteiger partial charge in [0, 0.05) is 32.1 Å². The van der Waals surface area contributed by atoms with E-state index in [2.05, 4.69) is 16.0 Å². The molecule has 0 fully saturated rings. The van der Waals surface area contributed by atoms with Crippen molar-refractivity contribution in [1.82, 2.24) is 16.0 Å². The highest BCUT2D eigenvalue weighted by molar-refractivity contribution is 6.17. The summed E-state index contributed by atoms with van der Waals surface area (Å²) in [6, 6.07) is 0. The molecule has 0 heterocycles. The molecule has 0 aliphatic carbocycles. The van der Waals surface area contributed by atoms with Gasteiger partial charge >= 0.3 is 18.3 Å². The summed E-state index contributed by atoms with van der Waals surface area (Å²) < 4.78 is 46.7. The predicted octanol–water partition coefficient (Wildman–Crippen LogP) is 1.61. The van der Waals surface area contributed by atoms with Gasteiger partial charge in [0.05, 0.1) is 79.3 Å². The molecule has 46 heavy (non-hydrogen) atoms. The zero-order valence-electron chi connectivity index (χ0n) is 26.8. The van der Waals surface area contributed by atoms with Crippen molar-refractivity contribution in [2.45, 2.75) is 25.7 Å². The smallest absolute Gasteiger partial charge is 0.407 e. The minimum Gasteiger partial charge on any atom is -0.447 e. The second kappa shape index (κ2) is 37.0. The zero-order chi connectivity index (χ0) is 33.6. The van der Waals surface area contributed by atoms with Crippen molar-refractivity contribution in [3.63, 3.8) is 0 Å². The largest absolute Gasteiger partial charge is 0.447 e. The number of amides is 3. The van der Waals surface area contributed by atoms with Gasteiger partial charge in [0.1, 0.15) is 19.8 Å². The Labute approximate surface area is 277 Å². The molecule has 0 aromatic carbocycles. The van der Waals surface area contributed by atoms with Gasteiger partial charge in [0.25, 0.3) is 0 Å². The fourth-order valence-electron chi connectivity index (χ4n) is 3.09. The third-order valence-corrected chi connectivity index (χ3v) is 5.59. The molecular weight excluding hydrogens is 634 g/mol. The number of hydrogen-bond donors (Lipinski definition) is 4. The highest BCUT2D eigenvalue weighted by atomic mass is 35.5. The third kappa shape index (κ3) is 36.0. The molecule has 0 radical (unpaired) electrons. The quantitative estimate of drug-likeness (QED) is 0.0337. The molecule has 0 saturated heterocycles. The monoisotopic (exact) mass is 687 g/mol. The van der Waals surface area contributed by atoms with Gasteiger partial charge < -0.3 is 63.7 Å². The number of hydrogen-bond acceptors (Lipinski definition) is 13. The van der Waals surface area contributed by atoms with Crippen molar-refractivity contribution < 1.29 is 62.1 Å². The molecule has 16 nitrogen and oxygen atoms in total. The van der Waals surface area contributed by atoms with Crippen LogP contribution < -0.4 is 16.0 Å². The Hall–Kier alpha value is -2.44. The van der Waals surface area contributed by atoms with E-state index >= 15 is 0 Å². The van der Waals surface area contributed by atoms with Gasteiger partial charge in [-0.2, -0.15) is 0 Å². The van der Waals surface area contributed by atoms with Crippen LogP contribution in [-0.2, 0) is 42.6 Å². The predicted molar refractivity (Wildman–Crippen MR) is 168 cm³/mol. The summed E-state index contributed by atoms with van der Waals surface area (Å²) in [6.45, 7) is 5.44. The molecule has 270 valence electrons. The molecule has 0 rings (SSSR count). The highest BCUT2D eigenvalue weighted by Crippen LogP contribution is 2.01. The Kier molecular flexibility index (Phi) is 35.1. The van der Waals surface area contributed by atoms with Crippen molar-refractivity contribution >= 4 is 29.9 Å². The molecule has 3 amide bonds. The number of ether oxygens (including phenoxy) is 9. The topological polar surface area (TPSA) is 191 Å². The summed E-state index contributed by atoms with van der Waals surface area (Å²) in [5, 5.41) is 16.2. The van der Waals surface area contributed by atoms with Crippen molar-refractivity contribution in [3.05, 3.63) is 12.2 Å². The molecule has 17 heteroatoms. The summed E-state index contributed by atoms with van der Waals surface area (Å²) in [7, 11) is 0. The van der Waals surface area contributed by atoms with E-state index in [0.717, 1.165) is 25.7 Å². The fraction of sp³-hybridized carbons (Fsp3) is 0.828. The first-order valence-electron chi connectivity index (χ1n) is 15.6. The van der Waals surface area contributed by atoms with Crippen LogP contribution in [-0.4, -0.2) is 155 Å². The summed E-state index contributed by atoms with van der Waals surface area (Å²) in [5.74, 6) is 0.708. The van der Waals surface area contributed by atoms with E-state index in [9.17, 15) is 14.4 Å². The number of alkyl halides is 1. The van der Waals surface area contributed by atoms with Crippen molar-refractivity contribution in [3.8, 4) is 0 Å². The number of aliphatic hydroxyl groups excluding tert-OH is 1. The average Bonchev–Trinajstić information content (AvgIpc) is 3.05. The maximum absolute atomic E-state index is 11.6. The van der Waals surface area contributed by atoms with Crippen LogP contribution >= 0.6 is 11.6 Å². The number of alkyl carbamates (subject to hydrolysis) is 3. The minimum absolute atomic E-state index is 0.0116. The van der Waals surface area contributed by atoms with Crippen LogP contribution in [0.25, 0.3) is 0 Å². The van der Waals surface area contributed by atoms with E-state index in [4.69, 9.17) is 59.3 Å². The second-order valence-electron chi connectivity index (χ2n) is 9.09. The molecule has 0 unspecified atom stereocenters. The van der Waals surface area contributed by atoms with Crippen LogP contribution in [0.15, 0.2) is 12.2 Å². The number of nitrogens with one attached hydrogen (secondary N) is 3. The first kappa shape index (κ1) is 43.6. The van der Waals surface area contributed by atoms with E-state index in [-0.39, 0.29) is 59.3 Å². The van der Waals surface area contributed by atoms with E-state index < -0.39 is 18.3 Å². The van der Waals surface area contributed by atoms with Crippen LogP contribution in [0.2, 0.25) is 0 Å². The van der Waals surface area contributed by atoms with Gasteiger partial charge in [-0.3, -0.25) is 0 Å². The van der Waals surface area contributed by atoms with Gasteiger partial charge in [-0.05, 0) is 25.0 Å². The molecule has 0 aromatic heterocycles. The molecule has 0 spiro atoms. The Bertz CT molecular complexity index is 738. The molecule has 4 N–H and O–H groups in total. The Balaban J connectivity index is 3.36. The van der Waals surface area contributed by atoms with Gasteiger partial charge in [-0.15, -0.1) is 11.6 Å². The van der Waals surface area contributed by atoms with Crippen molar-refractivity contribution in [2.24, 2.45) is 0 Å². The van der Waals surface area contributed by atoms with Gasteiger partial charge in [-0.1, -0.05) is 12.8 Å². The number of halogens is 1. The second-order valence-corrected chi connectivity index (χ2v) is 9.46. The lowest BCUT2D eigenvalue weighted by molar-refractivity contribution is 0.0276. The van der Waals surface area contributed by atoms with Crippen LogP contribution in [0.4, 0.5) is 14.4 Å². The van der Waals surface area contributed by atoms with E-state index in [1.165, 1.54) is 0 Å². The molecule has 0 bridgehead atoms. The lowest BCUT2D eigenvalue weighted by Crippen LogP contribution is -2.29. The van der Waals surface area contributed by atoms with Crippen LogP contribution in [0.1, 0.15) is 25.7 Å². The van der Waals surface area contributed by atoms with E-state index in [1.807, 2.05) is 0 Å². The number of unbranched alkanes of at least 4 members (excludes halogenated alkanes) is 3. The molecule has 0 aromatic rings. The normalized spacial score (nSPS) is 11.0.